The van der Waals surface area contributed by atoms with E-state index in [9.17, 15) is 20.1 Å². The Balaban J connectivity index is 3.84. The molecule has 0 aromatic carbocycles. The third kappa shape index (κ3) is 25.5. The molecule has 234 valence electrons. The molecule has 0 rings (SSSR count). The van der Waals surface area contributed by atoms with E-state index in [1.807, 2.05) is 6.08 Å². The van der Waals surface area contributed by atoms with Gasteiger partial charge in [-0.2, -0.15) is 0 Å². The summed E-state index contributed by atoms with van der Waals surface area (Å²) in [5.74, 6) is -0.531. The molecule has 1 amide bonds. The molecule has 0 aliphatic rings. The molecule has 0 saturated heterocycles. The van der Waals surface area contributed by atoms with Gasteiger partial charge in [0.1, 0.15) is 6.10 Å². The second-order valence-electron chi connectivity index (χ2n) is 11.4. The molecule has 3 unspecified atom stereocenters. The topological polar surface area (TPSA) is 89.8 Å². The monoisotopic (exact) mass is 563 g/mol. The van der Waals surface area contributed by atoms with Crippen LogP contribution < -0.4 is 5.32 Å². The summed E-state index contributed by atoms with van der Waals surface area (Å²) in [6.07, 6.45) is 35.9. The number of nitrogens with one attached hydrogen (secondary N) is 1. The minimum Gasteiger partial charge on any atom is -0.394 e. The number of allylic oxidation sites excluding steroid dienone is 5. The van der Waals surface area contributed by atoms with E-state index in [0.29, 0.717) is 6.42 Å². The van der Waals surface area contributed by atoms with Gasteiger partial charge >= 0.3 is 0 Å². The lowest BCUT2D eigenvalue weighted by atomic mass is 10.1. The summed E-state index contributed by atoms with van der Waals surface area (Å²) < 4.78 is 0. The zero-order valence-corrected chi connectivity index (χ0v) is 26.2. The third-order valence-corrected chi connectivity index (χ3v) is 7.45. The largest absolute Gasteiger partial charge is 0.394 e. The van der Waals surface area contributed by atoms with Gasteiger partial charge in [0.05, 0.1) is 18.8 Å². The van der Waals surface area contributed by atoms with Crippen molar-refractivity contribution < 1.29 is 20.1 Å². The van der Waals surface area contributed by atoms with Gasteiger partial charge in [-0.15, -0.1) is 0 Å². The van der Waals surface area contributed by atoms with Crippen LogP contribution in [0.3, 0.4) is 0 Å². The molecule has 0 heterocycles. The summed E-state index contributed by atoms with van der Waals surface area (Å²) >= 11 is 0. The van der Waals surface area contributed by atoms with E-state index in [1.165, 1.54) is 83.5 Å². The summed E-state index contributed by atoms with van der Waals surface area (Å²) in [4.78, 5) is 12.3. The van der Waals surface area contributed by atoms with Crippen LogP contribution in [-0.2, 0) is 4.79 Å². The van der Waals surface area contributed by atoms with Crippen LogP contribution in [0.5, 0.6) is 0 Å². The molecule has 0 spiro atoms. The molecule has 0 aromatic rings. The molecule has 40 heavy (non-hydrogen) atoms. The Morgan fingerprint density at radius 1 is 0.600 bits per heavy atom. The maximum Gasteiger partial charge on any atom is 0.249 e. The fourth-order valence-electron chi connectivity index (χ4n) is 4.71. The Morgan fingerprint density at radius 2 is 1.05 bits per heavy atom. The van der Waals surface area contributed by atoms with Crippen LogP contribution in [0.4, 0.5) is 0 Å². The van der Waals surface area contributed by atoms with Crippen LogP contribution in [0.25, 0.3) is 0 Å². The van der Waals surface area contributed by atoms with Gasteiger partial charge < -0.3 is 20.6 Å². The fourth-order valence-corrected chi connectivity index (χ4v) is 4.71. The van der Waals surface area contributed by atoms with Crippen LogP contribution in [0.1, 0.15) is 155 Å². The van der Waals surface area contributed by atoms with Crippen LogP contribution in [0, 0.1) is 0 Å². The normalized spacial score (nSPS) is 14.4. The zero-order valence-electron chi connectivity index (χ0n) is 26.2. The minimum atomic E-state index is -1.12. The van der Waals surface area contributed by atoms with Crippen molar-refractivity contribution in [1.29, 1.82) is 0 Å². The van der Waals surface area contributed by atoms with Crippen LogP contribution >= 0.6 is 0 Å². The highest BCUT2D eigenvalue weighted by atomic mass is 16.3. The van der Waals surface area contributed by atoms with Crippen LogP contribution in [0.2, 0.25) is 0 Å². The van der Waals surface area contributed by atoms with Crippen molar-refractivity contribution in [1.82, 2.24) is 5.32 Å². The van der Waals surface area contributed by atoms with Gasteiger partial charge in [0.25, 0.3) is 0 Å². The second kappa shape index (κ2) is 30.5. The highest BCUT2D eigenvalue weighted by Gasteiger charge is 2.22. The van der Waals surface area contributed by atoms with Crippen molar-refractivity contribution in [2.24, 2.45) is 0 Å². The number of carbonyl (C=O) groups is 1. The molecule has 3 atom stereocenters. The maximum absolute atomic E-state index is 12.3. The van der Waals surface area contributed by atoms with E-state index in [4.69, 9.17) is 0 Å². The van der Waals surface area contributed by atoms with Crippen LogP contribution in [-0.4, -0.2) is 46.1 Å². The summed E-state index contributed by atoms with van der Waals surface area (Å²) in [7, 11) is 0. The van der Waals surface area contributed by atoms with Gasteiger partial charge in [-0.25, -0.2) is 0 Å². The Labute approximate surface area is 247 Å². The fraction of sp³-hybridized carbons (Fsp3) is 0.800. The lowest BCUT2D eigenvalue weighted by molar-refractivity contribution is -0.131. The average molecular weight is 564 g/mol. The van der Waals surface area contributed by atoms with Crippen LogP contribution in [0.15, 0.2) is 36.5 Å². The summed E-state index contributed by atoms with van der Waals surface area (Å²) in [6, 6.07) is -0.816. The number of hydrogen-bond acceptors (Lipinski definition) is 4. The number of amides is 1. The molecule has 0 aromatic heterocycles. The van der Waals surface area contributed by atoms with E-state index in [-0.39, 0.29) is 6.61 Å². The molecule has 0 radical (unpaired) electrons. The average Bonchev–Trinajstić information content (AvgIpc) is 2.96. The minimum absolute atomic E-state index is 0.382. The Kier molecular flexibility index (Phi) is 29.4. The van der Waals surface area contributed by atoms with Gasteiger partial charge in [0.2, 0.25) is 5.91 Å². The predicted molar refractivity (Wildman–Crippen MR) is 171 cm³/mol. The van der Waals surface area contributed by atoms with Gasteiger partial charge in [0.15, 0.2) is 0 Å². The first kappa shape index (κ1) is 38.6. The SMILES string of the molecule is CCCC/C=C\CCCCCC(O)C(=O)NC(CO)C(O)/C=C/CC/C=C/CCCCCCCCCCCCC. The number of aliphatic hydroxyl groups is 3. The third-order valence-electron chi connectivity index (χ3n) is 7.45. The van der Waals surface area contributed by atoms with E-state index >= 15 is 0 Å². The molecule has 0 saturated carbocycles. The molecule has 0 bridgehead atoms. The highest BCUT2D eigenvalue weighted by Crippen LogP contribution is 2.12. The Bertz CT molecular complexity index is 631. The number of unbranched alkanes of at least 4 members (excludes halogenated alkanes) is 17. The molecular weight excluding hydrogens is 498 g/mol. The smallest absolute Gasteiger partial charge is 0.249 e. The van der Waals surface area contributed by atoms with Crippen molar-refractivity contribution in [2.75, 3.05) is 6.61 Å². The molecule has 0 fully saturated rings. The molecular formula is C35H65NO4. The molecule has 0 aliphatic heterocycles. The van der Waals surface area contributed by atoms with Crippen molar-refractivity contribution in [3.8, 4) is 0 Å². The zero-order chi connectivity index (χ0) is 29.5. The lowest BCUT2D eigenvalue weighted by Gasteiger charge is -2.21. The standard InChI is InChI=1S/C35H65NO4/c1-3-5-7-9-11-13-14-15-16-17-18-19-20-22-23-25-27-29-33(38)32(31-37)36-35(40)34(39)30-28-26-24-21-12-10-8-6-4-2/h10,12,20,22,27,29,32-34,37-39H,3-9,11,13-19,21,23-26,28,30-31H2,1-2H3,(H,36,40)/b12-10-,22-20+,29-27+. The lowest BCUT2D eigenvalue weighted by Crippen LogP contribution is -2.48. The van der Waals surface area contributed by atoms with E-state index < -0.39 is 24.2 Å². The summed E-state index contributed by atoms with van der Waals surface area (Å²) in [5.41, 5.74) is 0. The number of hydrogen-bond donors (Lipinski definition) is 4. The highest BCUT2D eigenvalue weighted by molar-refractivity contribution is 5.80. The van der Waals surface area contributed by atoms with Gasteiger partial charge in [-0.05, 0) is 51.4 Å². The molecule has 4 N–H and O–H groups in total. The second-order valence-corrected chi connectivity index (χ2v) is 11.4. The van der Waals surface area contributed by atoms with Gasteiger partial charge in [0, 0.05) is 0 Å². The van der Waals surface area contributed by atoms with E-state index in [0.717, 1.165) is 51.4 Å². The number of aliphatic hydroxyl groups excluding tert-OH is 3. The van der Waals surface area contributed by atoms with Crippen molar-refractivity contribution in [2.45, 2.75) is 173 Å². The van der Waals surface area contributed by atoms with Crippen molar-refractivity contribution >= 4 is 5.91 Å². The predicted octanol–water partition coefficient (Wildman–Crippen LogP) is 8.48. The van der Waals surface area contributed by atoms with Gasteiger partial charge in [-0.3, -0.25) is 4.79 Å². The first-order chi connectivity index (χ1) is 19.6. The molecule has 5 nitrogen and oxygen atoms in total. The summed E-state index contributed by atoms with van der Waals surface area (Å²) in [5, 5.41) is 32.7. The molecule has 0 aliphatic carbocycles. The first-order valence-electron chi connectivity index (χ1n) is 16.8. The maximum atomic E-state index is 12.3. The van der Waals surface area contributed by atoms with E-state index in [2.05, 4.69) is 43.5 Å². The Hall–Kier alpha value is -1.43. The Morgan fingerprint density at radius 3 is 1.60 bits per heavy atom. The van der Waals surface area contributed by atoms with Crippen molar-refractivity contribution in [3.63, 3.8) is 0 Å². The number of carbonyl (C=O) groups excluding carboxylic acids is 1. The molecule has 5 heteroatoms. The van der Waals surface area contributed by atoms with E-state index in [1.54, 1.807) is 6.08 Å². The van der Waals surface area contributed by atoms with Gasteiger partial charge in [-0.1, -0.05) is 140 Å². The number of rotatable bonds is 29. The quantitative estimate of drug-likeness (QED) is 0.0543. The summed E-state index contributed by atoms with van der Waals surface area (Å²) in [6.45, 7) is 4.08. The van der Waals surface area contributed by atoms with Crippen molar-refractivity contribution in [3.05, 3.63) is 36.5 Å². The first-order valence-corrected chi connectivity index (χ1v) is 16.8.